The van der Waals surface area contributed by atoms with Crippen molar-refractivity contribution in [1.82, 2.24) is 10.3 Å². The third-order valence-corrected chi connectivity index (χ3v) is 4.43. The SMILES string of the molecule is CCCNC(Cc1cncs1)c1ccc(Br)cc1C. The van der Waals surface area contributed by atoms with E-state index in [1.54, 1.807) is 11.3 Å². The van der Waals surface area contributed by atoms with E-state index in [0.29, 0.717) is 6.04 Å². The first kappa shape index (κ1) is 14.7. The summed E-state index contributed by atoms with van der Waals surface area (Å²) in [4.78, 5) is 5.50. The van der Waals surface area contributed by atoms with Crippen molar-refractivity contribution in [3.05, 3.63) is 50.4 Å². The molecule has 1 atom stereocenters. The summed E-state index contributed by atoms with van der Waals surface area (Å²) in [6, 6.07) is 6.89. The van der Waals surface area contributed by atoms with Gasteiger partial charge in [0.15, 0.2) is 0 Å². The lowest BCUT2D eigenvalue weighted by Gasteiger charge is -2.20. The van der Waals surface area contributed by atoms with E-state index in [4.69, 9.17) is 0 Å². The van der Waals surface area contributed by atoms with Gasteiger partial charge in [-0.1, -0.05) is 28.9 Å². The minimum absolute atomic E-state index is 0.369. The van der Waals surface area contributed by atoms with E-state index >= 15 is 0 Å². The van der Waals surface area contributed by atoms with Crippen LogP contribution in [0.2, 0.25) is 0 Å². The third kappa shape index (κ3) is 4.13. The normalized spacial score (nSPS) is 12.6. The molecule has 0 spiro atoms. The largest absolute Gasteiger partial charge is 0.310 e. The molecule has 0 aliphatic rings. The lowest BCUT2D eigenvalue weighted by atomic mass is 9.98. The summed E-state index contributed by atoms with van der Waals surface area (Å²) in [6.07, 6.45) is 4.13. The second-order valence-electron chi connectivity index (χ2n) is 4.68. The van der Waals surface area contributed by atoms with Crippen LogP contribution in [0.1, 0.15) is 35.4 Å². The fraction of sp³-hybridized carbons (Fsp3) is 0.400. The van der Waals surface area contributed by atoms with Crippen molar-refractivity contribution < 1.29 is 0 Å². The number of benzene rings is 1. The van der Waals surface area contributed by atoms with Gasteiger partial charge < -0.3 is 5.32 Å². The van der Waals surface area contributed by atoms with E-state index in [0.717, 1.165) is 23.9 Å². The van der Waals surface area contributed by atoms with Gasteiger partial charge in [0.1, 0.15) is 0 Å². The van der Waals surface area contributed by atoms with E-state index in [-0.39, 0.29) is 0 Å². The predicted octanol–water partition coefficient (Wildman–Crippen LogP) is 4.50. The van der Waals surface area contributed by atoms with Gasteiger partial charge >= 0.3 is 0 Å². The van der Waals surface area contributed by atoms with Crippen LogP contribution in [0, 0.1) is 6.92 Å². The first-order valence-corrected chi connectivity index (χ1v) is 8.24. The molecule has 0 saturated heterocycles. The van der Waals surface area contributed by atoms with Crippen LogP contribution in [0.4, 0.5) is 0 Å². The molecule has 2 nitrogen and oxygen atoms in total. The molecule has 0 aliphatic heterocycles. The van der Waals surface area contributed by atoms with Crippen LogP contribution in [0.3, 0.4) is 0 Å². The predicted molar refractivity (Wildman–Crippen MR) is 85.7 cm³/mol. The summed E-state index contributed by atoms with van der Waals surface area (Å²) in [6.45, 7) is 5.41. The van der Waals surface area contributed by atoms with Gasteiger partial charge in [0.25, 0.3) is 0 Å². The lowest BCUT2D eigenvalue weighted by molar-refractivity contribution is 0.530. The van der Waals surface area contributed by atoms with E-state index in [9.17, 15) is 0 Å². The molecule has 0 bridgehead atoms. The molecule has 1 heterocycles. The van der Waals surface area contributed by atoms with Crippen molar-refractivity contribution in [2.24, 2.45) is 0 Å². The molecule has 4 heteroatoms. The molecule has 102 valence electrons. The number of nitrogens with zero attached hydrogens (tertiary/aromatic N) is 1. The number of nitrogens with one attached hydrogen (secondary N) is 1. The molecule has 0 aliphatic carbocycles. The van der Waals surface area contributed by atoms with Crippen molar-refractivity contribution in [2.45, 2.75) is 32.7 Å². The van der Waals surface area contributed by atoms with Crippen LogP contribution >= 0.6 is 27.3 Å². The second kappa shape index (κ2) is 7.17. The number of halogens is 1. The van der Waals surface area contributed by atoms with Gasteiger partial charge in [-0.25, -0.2) is 0 Å². The monoisotopic (exact) mass is 338 g/mol. The fourth-order valence-corrected chi connectivity index (χ4v) is 3.30. The van der Waals surface area contributed by atoms with Gasteiger partial charge in [-0.2, -0.15) is 0 Å². The number of hydrogen-bond donors (Lipinski definition) is 1. The van der Waals surface area contributed by atoms with Gasteiger partial charge in [0, 0.05) is 28.0 Å². The highest BCUT2D eigenvalue weighted by Gasteiger charge is 2.14. The second-order valence-corrected chi connectivity index (χ2v) is 6.57. The van der Waals surface area contributed by atoms with Crippen molar-refractivity contribution in [3.63, 3.8) is 0 Å². The van der Waals surface area contributed by atoms with Gasteiger partial charge in [0.05, 0.1) is 5.51 Å². The van der Waals surface area contributed by atoms with Gasteiger partial charge in [-0.05, 0) is 43.1 Å². The van der Waals surface area contributed by atoms with Crippen molar-refractivity contribution >= 4 is 27.3 Å². The third-order valence-electron chi connectivity index (χ3n) is 3.14. The summed E-state index contributed by atoms with van der Waals surface area (Å²) in [5, 5.41) is 3.65. The number of aryl methyl sites for hydroxylation is 1. The molecule has 0 saturated carbocycles. The molecular formula is C15H19BrN2S. The molecule has 2 rings (SSSR count). The minimum Gasteiger partial charge on any atom is -0.310 e. The molecule has 0 radical (unpaired) electrons. The molecule has 1 aromatic heterocycles. The molecule has 19 heavy (non-hydrogen) atoms. The Hall–Kier alpha value is -0.710. The van der Waals surface area contributed by atoms with Crippen LogP contribution < -0.4 is 5.32 Å². The van der Waals surface area contributed by atoms with Gasteiger partial charge in [-0.15, -0.1) is 11.3 Å². The van der Waals surface area contributed by atoms with Crippen LogP contribution in [0.15, 0.2) is 34.4 Å². The van der Waals surface area contributed by atoms with Crippen molar-refractivity contribution in [2.75, 3.05) is 6.54 Å². The highest BCUT2D eigenvalue weighted by Crippen LogP contribution is 2.25. The Morgan fingerprint density at radius 1 is 1.42 bits per heavy atom. The average molecular weight is 339 g/mol. The maximum atomic E-state index is 4.17. The summed E-state index contributed by atoms with van der Waals surface area (Å²) in [7, 11) is 0. The topological polar surface area (TPSA) is 24.9 Å². The summed E-state index contributed by atoms with van der Waals surface area (Å²) < 4.78 is 1.14. The fourth-order valence-electron chi connectivity index (χ4n) is 2.18. The highest BCUT2D eigenvalue weighted by molar-refractivity contribution is 9.10. The number of rotatable bonds is 6. The Kier molecular flexibility index (Phi) is 5.55. The number of aromatic nitrogens is 1. The van der Waals surface area contributed by atoms with Gasteiger partial charge in [0.2, 0.25) is 0 Å². The zero-order valence-electron chi connectivity index (χ0n) is 11.3. The first-order chi connectivity index (χ1) is 9.20. The van der Waals surface area contributed by atoms with Gasteiger partial charge in [-0.3, -0.25) is 4.98 Å². The summed E-state index contributed by atoms with van der Waals surface area (Å²) in [5.74, 6) is 0. The summed E-state index contributed by atoms with van der Waals surface area (Å²) >= 11 is 5.26. The minimum atomic E-state index is 0.369. The summed E-state index contributed by atoms with van der Waals surface area (Å²) in [5.41, 5.74) is 4.61. The molecule has 1 aromatic carbocycles. The maximum Gasteiger partial charge on any atom is 0.0794 e. The van der Waals surface area contributed by atoms with Crippen LogP contribution in [-0.4, -0.2) is 11.5 Å². The van der Waals surface area contributed by atoms with E-state index in [1.807, 2.05) is 11.7 Å². The molecule has 0 amide bonds. The van der Waals surface area contributed by atoms with Crippen molar-refractivity contribution in [1.29, 1.82) is 0 Å². The van der Waals surface area contributed by atoms with E-state index < -0.39 is 0 Å². The van der Waals surface area contributed by atoms with Crippen LogP contribution in [0.5, 0.6) is 0 Å². The first-order valence-electron chi connectivity index (χ1n) is 6.57. The quantitative estimate of drug-likeness (QED) is 0.838. The number of thiazole rings is 1. The van der Waals surface area contributed by atoms with E-state index in [2.05, 4.69) is 58.3 Å². The Morgan fingerprint density at radius 3 is 2.89 bits per heavy atom. The Bertz CT molecular complexity index is 511. The molecule has 0 fully saturated rings. The smallest absolute Gasteiger partial charge is 0.0794 e. The lowest BCUT2D eigenvalue weighted by Crippen LogP contribution is -2.24. The van der Waals surface area contributed by atoms with Crippen molar-refractivity contribution in [3.8, 4) is 0 Å². The zero-order chi connectivity index (χ0) is 13.7. The zero-order valence-corrected chi connectivity index (χ0v) is 13.7. The van der Waals surface area contributed by atoms with Crippen LogP contribution in [0.25, 0.3) is 0 Å². The van der Waals surface area contributed by atoms with E-state index in [1.165, 1.54) is 16.0 Å². The van der Waals surface area contributed by atoms with Crippen LogP contribution in [-0.2, 0) is 6.42 Å². The average Bonchev–Trinajstić information content (AvgIpc) is 2.88. The molecule has 1 N–H and O–H groups in total. The Balaban J connectivity index is 2.20. The standard InChI is InChI=1S/C15H19BrN2S/c1-3-6-18-15(8-13-9-17-10-19-13)14-5-4-12(16)7-11(14)2/h4-5,7,9-10,15,18H,3,6,8H2,1-2H3. The Morgan fingerprint density at radius 2 is 2.26 bits per heavy atom. The Labute approximate surface area is 127 Å². The molecule has 2 aromatic rings. The molecular weight excluding hydrogens is 320 g/mol. The number of hydrogen-bond acceptors (Lipinski definition) is 3. The maximum absolute atomic E-state index is 4.17. The molecule has 1 unspecified atom stereocenters. The highest BCUT2D eigenvalue weighted by atomic mass is 79.9.